The maximum atomic E-state index is 12.7. The van der Waals surface area contributed by atoms with Gasteiger partial charge in [-0.1, -0.05) is 6.07 Å². The summed E-state index contributed by atoms with van der Waals surface area (Å²) in [5.74, 6) is -8.20. The second kappa shape index (κ2) is 5.02. The molecule has 1 aromatic carbocycles. The lowest BCUT2D eigenvalue weighted by molar-refractivity contribution is -0.385. The van der Waals surface area contributed by atoms with Gasteiger partial charge in [0.15, 0.2) is 0 Å². The summed E-state index contributed by atoms with van der Waals surface area (Å²) in [6.07, 6.45) is -6.05. The summed E-state index contributed by atoms with van der Waals surface area (Å²) >= 11 is 0. The quantitative estimate of drug-likeness (QED) is 0.529. The Labute approximate surface area is 108 Å². The number of rotatable bonds is 3. The van der Waals surface area contributed by atoms with E-state index in [9.17, 15) is 36.9 Å². The number of benzene rings is 1. The molecule has 0 bridgehead atoms. The molecule has 0 unspecified atom stereocenters. The lowest BCUT2D eigenvalue weighted by Gasteiger charge is -2.19. The number of amides is 1. The normalized spacial score (nSPS) is 12.1. The summed E-state index contributed by atoms with van der Waals surface area (Å²) in [7, 11) is 0. The van der Waals surface area contributed by atoms with Crippen LogP contribution in [0.2, 0.25) is 0 Å². The number of carbonyl (C=O) groups is 1. The molecule has 10 heteroatoms. The topological polar surface area (TPSA) is 72.2 Å². The van der Waals surface area contributed by atoms with Crippen LogP contribution in [0, 0.1) is 17.0 Å². The first-order valence-electron chi connectivity index (χ1n) is 4.98. The molecule has 0 radical (unpaired) electrons. The number of alkyl halides is 5. The van der Waals surface area contributed by atoms with E-state index >= 15 is 0 Å². The van der Waals surface area contributed by atoms with Crippen LogP contribution in [-0.2, 0) is 4.79 Å². The van der Waals surface area contributed by atoms with Crippen LogP contribution in [-0.4, -0.2) is 22.9 Å². The number of anilines is 1. The molecule has 1 aromatic rings. The third-order valence-electron chi connectivity index (χ3n) is 2.39. The Morgan fingerprint density at radius 3 is 2.25 bits per heavy atom. The van der Waals surface area contributed by atoms with E-state index in [1.807, 2.05) is 0 Å². The summed E-state index contributed by atoms with van der Waals surface area (Å²) in [4.78, 5) is 20.7. The van der Waals surface area contributed by atoms with Gasteiger partial charge in [-0.05, 0) is 13.0 Å². The zero-order valence-corrected chi connectivity index (χ0v) is 9.79. The summed E-state index contributed by atoms with van der Waals surface area (Å²) in [6.45, 7) is 1.11. The van der Waals surface area contributed by atoms with E-state index in [1.54, 1.807) is 0 Å². The van der Waals surface area contributed by atoms with Gasteiger partial charge >= 0.3 is 18.0 Å². The van der Waals surface area contributed by atoms with Crippen LogP contribution in [0.25, 0.3) is 0 Å². The fraction of sp³-hybridized carbons (Fsp3) is 0.300. The van der Waals surface area contributed by atoms with Crippen molar-refractivity contribution in [2.45, 2.75) is 19.0 Å². The molecule has 0 saturated heterocycles. The molecule has 1 amide bonds. The summed E-state index contributed by atoms with van der Waals surface area (Å²) in [5, 5.41) is 11.9. The van der Waals surface area contributed by atoms with Gasteiger partial charge in [0.1, 0.15) is 0 Å². The Morgan fingerprint density at radius 2 is 1.80 bits per heavy atom. The number of carbonyl (C=O) groups excluding carboxylic acids is 1. The van der Waals surface area contributed by atoms with Crippen LogP contribution < -0.4 is 5.32 Å². The van der Waals surface area contributed by atoms with Gasteiger partial charge in [0.05, 0.1) is 16.2 Å². The summed E-state index contributed by atoms with van der Waals surface area (Å²) < 4.78 is 61.4. The van der Waals surface area contributed by atoms with Crippen molar-refractivity contribution < 1.29 is 31.7 Å². The summed E-state index contributed by atoms with van der Waals surface area (Å²) in [6, 6.07) is 3.05. The first kappa shape index (κ1) is 15.8. The molecule has 0 aliphatic rings. The van der Waals surface area contributed by atoms with E-state index in [0.29, 0.717) is 0 Å². The predicted molar refractivity (Wildman–Crippen MR) is 57.5 cm³/mol. The van der Waals surface area contributed by atoms with Crippen LogP contribution in [0.1, 0.15) is 5.56 Å². The lowest BCUT2D eigenvalue weighted by atomic mass is 10.1. The Bertz CT molecular complexity index is 556. The highest BCUT2D eigenvalue weighted by molar-refractivity contribution is 5.97. The SMILES string of the molecule is Cc1c(NC(=O)C(F)(F)C(F)(F)F)cccc1[N+](=O)[O-]. The molecule has 0 fully saturated rings. The fourth-order valence-corrected chi connectivity index (χ4v) is 1.29. The number of hydrogen-bond acceptors (Lipinski definition) is 3. The summed E-state index contributed by atoms with van der Waals surface area (Å²) in [5.41, 5.74) is -1.24. The molecule has 1 rings (SSSR count). The maximum absolute atomic E-state index is 12.7. The van der Waals surface area contributed by atoms with E-state index in [1.165, 1.54) is 5.32 Å². The van der Waals surface area contributed by atoms with Crippen LogP contribution >= 0.6 is 0 Å². The predicted octanol–water partition coefficient (Wildman–Crippen LogP) is 3.04. The Hall–Kier alpha value is -2.26. The van der Waals surface area contributed by atoms with Crippen molar-refractivity contribution in [3.63, 3.8) is 0 Å². The van der Waals surface area contributed by atoms with Gasteiger partial charge in [0, 0.05) is 6.07 Å². The number of hydrogen-bond donors (Lipinski definition) is 1. The third kappa shape index (κ3) is 2.83. The van der Waals surface area contributed by atoms with Crippen molar-refractivity contribution in [3.8, 4) is 0 Å². The highest BCUT2D eigenvalue weighted by Crippen LogP contribution is 2.37. The van der Waals surface area contributed by atoms with Crippen molar-refractivity contribution >= 4 is 17.3 Å². The Balaban J connectivity index is 3.10. The van der Waals surface area contributed by atoms with E-state index in [2.05, 4.69) is 0 Å². The highest BCUT2D eigenvalue weighted by Gasteiger charge is 2.63. The second-order valence-corrected chi connectivity index (χ2v) is 3.73. The highest BCUT2D eigenvalue weighted by atomic mass is 19.4. The first-order valence-corrected chi connectivity index (χ1v) is 4.98. The lowest BCUT2D eigenvalue weighted by Crippen LogP contribution is -2.47. The largest absolute Gasteiger partial charge is 0.463 e. The van der Waals surface area contributed by atoms with Crippen LogP contribution in [0.4, 0.5) is 33.3 Å². The van der Waals surface area contributed by atoms with Gasteiger partial charge < -0.3 is 5.32 Å². The van der Waals surface area contributed by atoms with Crippen molar-refractivity contribution in [2.24, 2.45) is 0 Å². The third-order valence-corrected chi connectivity index (χ3v) is 2.39. The minimum absolute atomic E-state index is 0.233. The van der Waals surface area contributed by atoms with E-state index in [-0.39, 0.29) is 5.56 Å². The van der Waals surface area contributed by atoms with Gasteiger partial charge in [-0.15, -0.1) is 0 Å². The molecule has 0 spiro atoms. The molecule has 1 N–H and O–H groups in total. The van der Waals surface area contributed by atoms with Crippen LogP contribution in [0.3, 0.4) is 0 Å². The smallest absolute Gasteiger partial charge is 0.320 e. The van der Waals surface area contributed by atoms with E-state index in [4.69, 9.17) is 0 Å². The minimum Gasteiger partial charge on any atom is -0.320 e. The molecule has 110 valence electrons. The van der Waals surface area contributed by atoms with Gasteiger partial charge in [0.25, 0.3) is 5.69 Å². The molecule has 0 heterocycles. The zero-order chi connectivity index (χ0) is 15.7. The minimum atomic E-state index is -6.05. The number of nitro benzene ring substituents is 1. The van der Waals surface area contributed by atoms with Crippen molar-refractivity contribution in [1.29, 1.82) is 0 Å². The average Bonchev–Trinajstić information content (AvgIpc) is 2.29. The molecular formula is C10H7F5N2O3. The number of nitro groups is 1. The number of halogens is 5. The van der Waals surface area contributed by atoms with Crippen LogP contribution in [0.15, 0.2) is 18.2 Å². The van der Waals surface area contributed by atoms with Gasteiger partial charge in [-0.25, -0.2) is 0 Å². The second-order valence-electron chi connectivity index (χ2n) is 3.73. The van der Waals surface area contributed by atoms with Crippen molar-refractivity contribution in [2.75, 3.05) is 5.32 Å². The standard InChI is InChI=1S/C10H7F5N2O3/c1-5-6(3-2-4-7(5)17(19)20)16-8(18)9(11,12)10(13,14)15/h2-4H,1H3,(H,16,18). The molecule has 0 atom stereocenters. The monoisotopic (exact) mass is 298 g/mol. The Kier molecular flexibility index (Phi) is 3.97. The van der Waals surface area contributed by atoms with Gasteiger partial charge in [-0.3, -0.25) is 14.9 Å². The Morgan fingerprint density at radius 1 is 1.25 bits per heavy atom. The molecule has 0 aromatic heterocycles. The molecule has 20 heavy (non-hydrogen) atoms. The fourth-order valence-electron chi connectivity index (χ4n) is 1.29. The average molecular weight is 298 g/mol. The van der Waals surface area contributed by atoms with E-state index in [0.717, 1.165) is 25.1 Å². The van der Waals surface area contributed by atoms with Crippen LogP contribution in [0.5, 0.6) is 0 Å². The molecule has 0 aliphatic carbocycles. The molecular weight excluding hydrogens is 291 g/mol. The van der Waals surface area contributed by atoms with Crippen molar-refractivity contribution in [1.82, 2.24) is 0 Å². The molecule has 0 aliphatic heterocycles. The number of nitrogens with one attached hydrogen (secondary N) is 1. The van der Waals surface area contributed by atoms with E-state index < -0.39 is 34.3 Å². The molecule has 5 nitrogen and oxygen atoms in total. The van der Waals surface area contributed by atoms with Gasteiger partial charge in [-0.2, -0.15) is 22.0 Å². The zero-order valence-electron chi connectivity index (χ0n) is 9.79. The van der Waals surface area contributed by atoms with Gasteiger partial charge in [0.2, 0.25) is 0 Å². The maximum Gasteiger partial charge on any atom is 0.463 e. The number of nitrogens with zero attached hydrogens (tertiary/aromatic N) is 1. The first-order chi connectivity index (χ1) is 8.98. The molecule has 0 saturated carbocycles. The van der Waals surface area contributed by atoms with Crippen molar-refractivity contribution in [3.05, 3.63) is 33.9 Å².